The zero-order valence-electron chi connectivity index (χ0n) is 26.3. The van der Waals surface area contributed by atoms with E-state index in [4.69, 9.17) is 14.4 Å². The van der Waals surface area contributed by atoms with Crippen LogP contribution in [-0.4, -0.2) is 49.2 Å². The zero-order chi connectivity index (χ0) is 32.3. The average Bonchev–Trinajstić information content (AvgIpc) is 3.58. The molecule has 0 aliphatic heterocycles. The van der Waals surface area contributed by atoms with Gasteiger partial charge in [0.25, 0.3) is 5.91 Å². The van der Waals surface area contributed by atoms with Gasteiger partial charge in [-0.05, 0) is 45.9 Å². The summed E-state index contributed by atoms with van der Waals surface area (Å²) < 4.78 is 35.4. The Hall–Kier alpha value is -4.96. The van der Waals surface area contributed by atoms with Crippen LogP contribution in [0.4, 0.5) is 5.69 Å². The molecule has 0 spiro atoms. The summed E-state index contributed by atoms with van der Waals surface area (Å²) in [6, 6.07) is 24.9. The second-order valence-electron chi connectivity index (χ2n) is 12.2. The Morgan fingerprint density at radius 3 is 2.24 bits per heavy atom. The highest BCUT2D eigenvalue weighted by Gasteiger charge is 2.28. The molecule has 0 aliphatic rings. The fraction of sp³-hybridized carbons (Fsp3) is 0.229. The number of benzene rings is 3. The summed E-state index contributed by atoms with van der Waals surface area (Å²) in [7, 11) is -0.614. The number of aryl methyl sites for hydroxylation is 1. The molecule has 0 aliphatic carbocycles. The Labute approximate surface area is 262 Å². The fourth-order valence-corrected chi connectivity index (χ4v) is 6.12. The number of nitrogens with one attached hydrogen (secondary N) is 1. The van der Waals surface area contributed by atoms with E-state index < -0.39 is 10.0 Å². The number of hydrogen-bond acceptors (Lipinski definition) is 6. The van der Waals surface area contributed by atoms with Crippen molar-refractivity contribution in [3.05, 3.63) is 90.0 Å². The molecule has 10 heteroatoms. The number of imidazole rings is 1. The molecular formula is C35H35N5O4S. The minimum atomic E-state index is -3.67. The minimum absolute atomic E-state index is 0.296. The molecule has 6 rings (SSSR count). The van der Waals surface area contributed by atoms with E-state index in [1.807, 2.05) is 73.7 Å². The van der Waals surface area contributed by atoms with E-state index in [1.165, 1.54) is 11.4 Å². The van der Waals surface area contributed by atoms with Crippen LogP contribution in [0.2, 0.25) is 0 Å². The molecule has 0 bridgehead atoms. The topological polar surface area (TPSA) is 110 Å². The first kappa shape index (κ1) is 30.1. The molecule has 9 nitrogen and oxygen atoms in total. The molecule has 3 aromatic heterocycles. The Kier molecular flexibility index (Phi) is 7.28. The van der Waals surface area contributed by atoms with Crippen molar-refractivity contribution >= 4 is 43.8 Å². The number of fused-ring (bicyclic) bond motifs is 2. The number of hydrogen-bond donors (Lipinski definition) is 1. The largest absolute Gasteiger partial charge is 0.455 e. The number of rotatable bonds is 6. The smallest absolute Gasteiger partial charge is 0.255 e. The third-order valence-corrected chi connectivity index (χ3v) is 9.10. The molecule has 0 fully saturated rings. The number of carbonyl (C=O) groups excluding carboxylic acids is 1. The number of pyridine rings is 1. The Balaban J connectivity index is 1.64. The fourth-order valence-electron chi connectivity index (χ4n) is 5.61. The quantitative estimate of drug-likeness (QED) is 0.215. The highest BCUT2D eigenvalue weighted by atomic mass is 32.2. The van der Waals surface area contributed by atoms with Crippen molar-refractivity contribution in [2.75, 3.05) is 24.7 Å². The minimum Gasteiger partial charge on any atom is -0.455 e. The van der Waals surface area contributed by atoms with Crippen molar-refractivity contribution in [3.63, 3.8) is 0 Å². The number of nitrogens with zero attached hydrogens (tertiary/aromatic N) is 4. The van der Waals surface area contributed by atoms with Crippen LogP contribution in [-0.2, 0) is 15.6 Å². The maximum absolute atomic E-state index is 13.3. The summed E-state index contributed by atoms with van der Waals surface area (Å²) in [5.41, 5.74) is 5.96. The molecule has 0 radical (unpaired) electrons. The molecule has 0 atom stereocenters. The van der Waals surface area contributed by atoms with E-state index in [0.29, 0.717) is 44.9 Å². The molecule has 1 amide bonds. The van der Waals surface area contributed by atoms with Gasteiger partial charge in [0, 0.05) is 47.8 Å². The molecule has 6 aromatic rings. The van der Waals surface area contributed by atoms with Crippen molar-refractivity contribution in [1.29, 1.82) is 0 Å². The van der Waals surface area contributed by atoms with Gasteiger partial charge in [-0.1, -0.05) is 60.2 Å². The van der Waals surface area contributed by atoms with Gasteiger partial charge >= 0.3 is 0 Å². The third-order valence-electron chi connectivity index (χ3n) is 7.91. The summed E-state index contributed by atoms with van der Waals surface area (Å²) in [5.74, 6) is 0.861. The summed E-state index contributed by atoms with van der Waals surface area (Å²) in [6.07, 6.45) is 1.14. The number of furan rings is 1. The second-order valence-corrected chi connectivity index (χ2v) is 14.2. The van der Waals surface area contributed by atoms with Gasteiger partial charge in [-0.25, -0.2) is 18.4 Å². The number of aromatic nitrogens is 3. The molecule has 45 heavy (non-hydrogen) atoms. The van der Waals surface area contributed by atoms with Crippen LogP contribution in [0.1, 0.15) is 36.7 Å². The molecule has 0 saturated carbocycles. The highest BCUT2D eigenvalue weighted by Crippen LogP contribution is 2.41. The van der Waals surface area contributed by atoms with Gasteiger partial charge in [-0.15, -0.1) is 0 Å². The SMILES string of the molecule is CNC(=O)c1c(-c2ccc(C)cc2)oc2cc(N(C)S(C)(=O)=O)c(-c3ccc4c(n3)nc(-c3ccccc3)n4C(C)(C)C)cc12. The molecular weight excluding hydrogens is 586 g/mol. The van der Waals surface area contributed by atoms with E-state index in [-0.39, 0.29) is 11.4 Å². The van der Waals surface area contributed by atoms with Crippen molar-refractivity contribution in [3.8, 4) is 34.0 Å². The van der Waals surface area contributed by atoms with Crippen molar-refractivity contribution in [1.82, 2.24) is 19.9 Å². The number of amides is 1. The summed E-state index contributed by atoms with van der Waals surface area (Å²) in [6.45, 7) is 8.34. The van der Waals surface area contributed by atoms with Gasteiger partial charge in [0.05, 0.1) is 28.7 Å². The monoisotopic (exact) mass is 621 g/mol. The zero-order valence-corrected chi connectivity index (χ0v) is 27.2. The van der Waals surface area contributed by atoms with Crippen LogP contribution in [0.3, 0.4) is 0 Å². The van der Waals surface area contributed by atoms with E-state index in [9.17, 15) is 13.2 Å². The lowest BCUT2D eigenvalue weighted by atomic mass is 10.0. The lowest BCUT2D eigenvalue weighted by Gasteiger charge is -2.24. The maximum atomic E-state index is 13.3. The van der Waals surface area contributed by atoms with Crippen LogP contribution in [0.25, 0.3) is 56.1 Å². The second kappa shape index (κ2) is 10.9. The molecule has 3 aromatic carbocycles. The van der Waals surface area contributed by atoms with Gasteiger partial charge in [0.1, 0.15) is 17.2 Å². The Morgan fingerprint density at radius 2 is 1.62 bits per heavy atom. The van der Waals surface area contributed by atoms with Crippen molar-refractivity contribution in [2.45, 2.75) is 33.2 Å². The molecule has 0 unspecified atom stereocenters. The van der Waals surface area contributed by atoms with Crippen LogP contribution in [0, 0.1) is 6.92 Å². The maximum Gasteiger partial charge on any atom is 0.255 e. The third kappa shape index (κ3) is 5.35. The standard InChI is InChI=1S/C35H35N5O4S/c1-21-13-15-22(16-14-21)31-30(34(41)36-5)25-19-24(28(20-29(25)44-31)39(6)45(7,42)43)26-17-18-27-32(37-26)38-33(40(27)35(2,3)4)23-11-9-8-10-12-23/h8-20H,1-7H3,(H,36,41). The van der Waals surface area contributed by atoms with Gasteiger partial charge in [0.15, 0.2) is 5.65 Å². The van der Waals surface area contributed by atoms with Crippen LogP contribution < -0.4 is 9.62 Å². The molecule has 1 N–H and O–H groups in total. The van der Waals surface area contributed by atoms with Crippen molar-refractivity contribution < 1.29 is 17.6 Å². The first-order valence-electron chi connectivity index (χ1n) is 14.6. The number of carbonyl (C=O) groups is 1. The van der Waals surface area contributed by atoms with E-state index >= 15 is 0 Å². The van der Waals surface area contributed by atoms with E-state index in [1.54, 1.807) is 19.2 Å². The van der Waals surface area contributed by atoms with E-state index in [0.717, 1.165) is 34.3 Å². The van der Waals surface area contributed by atoms with Gasteiger partial charge in [0.2, 0.25) is 10.0 Å². The van der Waals surface area contributed by atoms with Gasteiger partial charge in [-0.3, -0.25) is 9.10 Å². The van der Waals surface area contributed by atoms with Crippen LogP contribution in [0.5, 0.6) is 0 Å². The highest BCUT2D eigenvalue weighted by molar-refractivity contribution is 7.92. The first-order valence-corrected chi connectivity index (χ1v) is 16.4. The van der Waals surface area contributed by atoms with Crippen LogP contribution in [0.15, 0.2) is 83.3 Å². The van der Waals surface area contributed by atoms with E-state index in [2.05, 4.69) is 30.7 Å². The average molecular weight is 622 g/mol. The lowest BCUT2D eigenvalue weighted by Crippen LogP contribution is -2.25. The summed E-state index contributed by atoms with van der Waals surface area (Å²) in [5, 5.41) is 3.27. The Bertz CT molecular complexity index is 2190. The predicted octanol–water partition coefficient (Wildman–Crippen LogP) is 7.00. The van der Waals surface area contributed by atoms with Gasteiger partial charge in [-0.2, -0.15) is 0 Å². The normalized spacial score (nSPS) is 12.2. The summed E-state index contributed by atoms with van der Waals surface area (Å²) >= 11 is 0. The predicted molar refractivity (Wildman–Crippen MR) is 180 cm³/mol. The molecule has 0 saturated heterocycles. The Morgan fingerprint density at radius 1 is 0.933 bits per heavy atom. The van der Waals surface area contributed by atoms with Gasteiger partial charge < -0.3 is 14.3 Å². The van der Waals surface area contributed by atoms with Crippen molar-refractivity contribution in [2.24, 2.45) is 0 Å². The van der Waals surface area contributed by atoms with Crippen LogP contribution >= 0.6 is 0 Å². The molecule has 3 heterocycles. The molecule has 230 valence electrons. The number of anilines is 1. The first-order chi connectivity index (χ1) is 21.3. The summed E-state index contributed by atoms with van der Waals surface area (Å²) in [4.78, 5) is 23.3. The number of sulfonamides is 1. The lowest BCUT2D eigenvalue weighted by molar-refractivity contribution is 0.0964.